The summed E-state index contributed by atoms with van der Waals surface area (Å²) in [6.07, 6.45) is 3.50. The van der Waals surface area contributed by atoms with E-state index >= 15 is 0 Å². The molecule has 1 unspecified atom stereocenters. The van der Waals surface area contributed by atoms with Gasteiger partial charge in [-0.2, -0.15) is 12.6 Å². The highest BCUT2D eigenvalue weighted by Gasteiger charge is 2.45. The van der Waals surface area contributed by atoms with Crippen LogP contribution >= 0.6 is 12.6 Å². The number of Topliss-reactive ketones (excluding diaryl/α,β-unsaturated/α-hetero) is 1. The minimum atomic E-state index is -0.755. The summed E-state index contributed by atoms with van der Waals surface area (Å²) in [4.78, 5) is 35.9. The van der Waals surface area contributed by atoms with Gasteiger partial charge >= 0.3 is 5.97 Å². The van der Waals surface area contributed by atoms with Gasteiger partial charge in [0, 0.05) is 13.3 Å². The van der Waals surface area contributed by atoms with Crippen LogP contribution in [0.15, 0.2) is 55.1 Å². The second-order valence-corrected chi connectivity index (χ2v) is 8.48. The molecule has 2 aliphatic heterocycles. The Morgan fingerprint density at radius 2 is 1.72 bits per heavy atom. The molecule has 39 heavy (non-hydrogen) atoms. The molecule has 2 heterocycles. The van der Waals surface area contributed by atoms with E-state index in [0.717, 1.165) is 11.3 Å². The van der Waals surface area contributed by atoms with Gasteiger partial charge in [-0.25, -0.2) is 0 Å². The SMILES string of the molecule is C=CC.CC.CC.CC(=O)OCCC[C@H]1OC(C[C@H]2OCC=CC2=O)C(=O)[C@H]1OCc1ccccc1.CCS. The zero-order chi connectivity index (χ0) is 30.1. The van der Waals surface area contributed by atoms with Gasteiger partial charge in [-0.15, -0.1) is 6.58 Å². The van der Waals surface area contributed by atoms with Crippen LogP contribution in [-0.4, -0.2) is 60.9 Å². The summed E-state index contributed by atoms with van der Waals surface area (Å²) in [6, 6.07) is 9.58. The number of thiol groups is 1. The molecule has 0 aliphatic carbocycles. The lowest BCUT2D eigenvalue weighted by Gasteiger charge is -2.20. The third-order valence-electron chi connectivity index (χ3n) is 4.91. The summed E-state index contributed by atoms with van der Waals surface area (Å²) in [5.41, 5.74) is 0.957. The zero-order valence-corrected chi connectivity index (χ0v) is 25.8. The van der Waals surface area contributed by atoms with Crippen LogP contribution in [0.25, 0.3) is 0 Å². The Hall–Kier alpha value is -2.26. The average molecular weight is 567 g/mol. The molecule has 0 radical (unpaired) electrons. The fourth-order valence-corrected chi connectivity index (χ4v) is 3.46. The monoisotopic (exact) mass is 566 g/mol. The van der Waals surface area contributed by atoms with E-state index < -0.39 is 24.4 Å². The fraction of sp³-hybridized carbons (Fsp3) is 0.581. The molecule has 0 aromatic heterocycles. The number of esters is 1. The van der Waals surface area contributed by atoms with Crippen molar-refractivity contribution in [2.45, 2.75) is 98.8 Å². The highest BCUT2D eigenvalue weighted by molar-refractivity contribution is 7.80. The first kappa shape index (κ1) is 38.9. The number of hydrogen-bond donors (Lipinski definition) is 1. The van der Waals surface area contributed by atoms with Gasteiger partial charge in [0.25, 0.3) is 0 Å². The molecule has 0 N–H and O–H groups in total. The molecule has 0 amide bonds. The molecule has 222 valence electrons. The number of benzene rings is 1. The van der Waals surface area contributed by atoms with E-state index in [4.69, 9.17) is 18.9 Å². The maximum absolute atomic E-state index is 12.9. The second-order valence-electron chi connectivity index (χ2n) is 7.85. The van der Waals surface area contributed by atoms with E-state index in [-0.39, 0.29) is 37.2 Å². The van der Waals surface area contributed by atoms with Crippen molar-refractivity contribution in [3.8, 4) is 0 Å². The predicted molar refractivity (Wildman–Crippen MR) is 161 cm³/mol. The summed E-state index contributed by atoms with van der Waals surface area (Å²) < 4.78 is 22.3. The van der Waals surface area contributed by atoms with E-state index in [1.165, 1.54) is 13.0 Å². The molecule has 7 nitrogen and oxygen atoms in total. The number of rotatable bonds is 9. The van der Waals surface area contributed by atoms with E-state index in [2.05, 4.69) is 19.2 Å². The molecule has 1 aromatic carbocycles. The van der Waals surface area contributed by atoms with Crippen molar-refractivity contribution in [3.05, 3.63) is 60.7 Å². The molecule has 0 bridgehead atoms. The number of carbonyl (C=O) groups is 3. The first-order valence-corrected chi connectivity index (χ1v) is 14.5. The molecule has 3 rings (SSSR count). The number of carbonyl (C=O) groups excluding carboxylic acids is 3. The van der Waals surface area contributed by atoms with Crippen LogP contribution in [-0.2, 0) is 39.9 Å². The van der Waals surface area contributed by atoms with Crippen molar-refractivity contribution in [1.82, 2.24) is 0 Å². The molecule has 1 saturated heterocycles. The summed E-state index contributed by atoms with van der Waals surface area (Å²) >= 11 is 3.79. The van der Waals surface area contributed by atoms with Gasteiger partial charge in [-0.05, 0) is 37.2 Å². The number of hydrogen-bond acceptors (Lipinski definition) is 8. The van der Waals surface area contributed by atoms with Crippen molar-refractivity contribution >= 4 is 30.2 Å². The minimum absolute atomic E-state index is 0.160. The van der Waals surface area contributed by atoms with Gasteiger partial charge in [-0.3, -0.25) is 14.4 Å². The van der Waals surface area contributed by atoms with E-state index in [0.29, 0.717) is 19.4 Å². The summed E-state index contributed by atoms with van der Waals surface area (Å²) in [5.74, 6) is 0.265. The van der Waals surface area contributed by atoms with E-state index in [1.807, 2.05) is 71.9 Å². The topological polar surface area (TPSA) is 88.1 Å². The molecular weight excluding hydrogens is 516 g/mol. The lowest BCUT2D eigenvalue weighted by atomic mass is 10.00. The molecular formula is C31H50O7S. The fourth-order valence-electron chi connectivity index (χ4n) is 3.46. The predicted octanol–water partition coefficient (Wildman–Crippen LogP) is 6.35. The standard InChI is InChI=1S/C22H26O7.C3H6.C2H6S.2C2H6/c1-15(23)26-11-6-10-18-22(28-14-16-7-3-2-4-8-16)21(25)20(29-18)13-19-17(24)9-5-12-27-19;1-3-2;1-2-3;2*1-2/h2-5,7-9,18-20,22H,6,10-14H2,1H3;3H,1H2,2H3;3H,2H2,1H3;2*1-2H3/t18-,19-,20?,22+;;;;/m1..../s1. The Balaban J connectivity index is 0. The molecule has 8 heteroatoms. The van der Waals surface area contributed by atoms with Crippen molar-refractivity contribution in [2.75, 3.05) is 19.0 Å². The lowest BCUT2D eigenvalue weighted by molar-refractivity contribution is -0.141. The van der Waals surface area contributed by atoms with E-state index in [9.17, 15) is 14.4 Å². The van der Waals surface area contributed by atoms with Crippen molar-refractivity contribution in [3.63, 3.8) is 0 Å². The lowest BCUT2D eigenvalue weighted by Crippen LogP contribution is -2.35. The third kappa shape index (κ3) is 17.1. The van der Waals surface area contributed by atoms with Crippen LogP contribution in [0, 0.1) is 0 Å². The molecule has 4 atom stereocenters. The Bertz CT molecular complexity index is 810. The molecule has 1 aromatic rings. The number of allylic oxidation sites excluding steroid dienone is 1. The van der Waals surface area contributed by atoms with E-state index in [1.54, 1.807) is 12.2 Å². The normalized spacial score (nSPS) is 20.9. The number of ether oxygens (including phenoxy) is 4. The van der Waals surface area contributed by atoms with Crippen LogP contribution in [0.3, 0.4) is 0 Å². The molecule has 0 saturated carbocycles. The maximum atomic E-state index is 12.9. The third-order valence-corrected chi connectivity index (χ3v) is 4.91. The van der Waals surface area contributed by atoms with Crippen LogP contribution < -0.4 is 0 Å². The Labute approximate surface area is 241 Å². The highest BCUT2D eigenvalue weighted by Crippen LogP contribution is 2.28. The van der Waals surface area contributed by atoms with Crippen LogP contribution in [0.2, 0.25) is 0 Å². The zero-order valence-electron chi connectivity index (χ0n) is 24.9. The Morgan fingerprint density at radius 3 is 2.26 bits per heavy atom. The van der Waals surface area contributed by atoms with Crippen LogP contribution in [0.4, 0.5) is 0 Å². The Kier molecular flexibility index (Phi) is 25.9. The summed E-state index contributed by atoms with van der Waals surface area (Å²) in [5, 5.41) is 0. The second kappa shape index (κ2) is 26.0. The molecule has 0 spiro atoms. The largest absolute Gasteiger partial charge is 0.466 e. The highest BCUT2D eigenvalue weighted by atomic mass is 32.1. The smallest absolute Gasteiger partial charge is 0.302 e. The Morgan fingerprint density at radius 1 is 1.13 bits per heavy atom. The summed E-state index contributed by atoms with van der Waals surface area (Å²) in [7, 11) is 0. The van der Waals surface area contributed by atoms with Crippen LogP contribution in [0.5, 0.6) is 0 Å². The first-order chi connectivity index (χ1) is 18.9. The summed E-state index contributed by atoms with van der Waals surface area (Å²) in [6.45, 7) is 17.5. The average Bonchev–Trinajstić information content (AvgIpc) is 3.24. The molecule has 2 aliphatic rings. The van der Waals surface area contributed by atoms with Gasteiger partial charge in [0.05, 0.1) is 25.9 Å². The van der Waals surface area contributed by atoms with Crippen molar-refractivity contribution in [1.29, 1.82) is 0 Å². The number of ketones is 2. The van der Waals surface area contributed by atoms with Gasteiger partial charge in [-0.1, -0.05) is 77.1 Å². The molecule has 1 fully saturated rings. The maximum Gasteiger partial charge on any atom is 0.302 e. The van der Waals surface area contributed by atoms with Gasteiger partial charge < -0.3 is 18.9 Å². The van der Waals surface area contributed by atoms with Gasteiger partial charge in [0.2, 0.25) is 0 Å². The van der Waals surface area contributed by atoms with Gasteiger partial charge in [0.15, 0.2) is 11.6 Å². The van der Waals surface area contributed by atoms with Crippen molar-refractivity contribution < 1.29 is 33.3 Å². The quantitative estimate of drug-likeness (QED) is 0.161. The van der Waals surface area contributed by atoms with Crippen molar-refractivity contribution in [2.24, 2.45) is 0 Å². The first-order valence-electron chi connectivity index (χ1n) is 13.9. The van der Waals surface area contributed by atoms with Gasteiger partial charge in [0.1, 0.15) is 18.3 Å². The minimum Gasteiger partial charge on any atom is -0.466 e. The van der Waals surface area contributed by atoms with Crippen LogP contribution in [0.1, 0.15) is 73.3 Å².